The lowest BCUT2D eigenvalue weighted by molar-refractivity contribution is 0.194. The number of pyridine rings is 1. The summed E-state index contributed by atoms with van der Waals surface area (Å²) in [6, 6.07) is 11.8. The number of methoxy groups -OCH3 is 1. The molecule has 4 rings (SSSR count). The molecule has 150 valence electrons. The summed E-state index contributed by atoms with van der Waals surface area (Å²) in [5.74, 6) is 1.65. The molecule has 8 nitrogen and oxygen atoms in total. The average Bonchev–Trinajstić information content (AvgIpc) is 3.33. The maximum absolute atomic E-state index is 12.5. The Morgan fingerprint density at radius 2 is 1.97 bits per heavy atom. The van der Waals surface area contributed by atoms with E-state index in [1.807, 2.05) is 46.0 Å². The van der Waals surface area contributed by atoms with Gasteiger partial charge in [0.15, 0.2) is 0 Å². The molecule has 0 radical (unpaired) electrons. The van der Waals surface area contributed by atoms with Crippen molar-refractivity contribution in [2.45, 2.75) is 6.54 Å². The maximum Gasteiger partial charge on any atom is 0.317 e. The predicted molar refractivity (Wildman–Crippen MR) is 110 cm³/mol. The van der Waals surface area contributed by atoms with Crippen LogP contribution < -0.4 is 15.0 Å². The summed E-state index contributed by atoms with van der Waals surface area (Å²) in [7, 11) is 1.68. The number of nitrogens with zero attached hydrogens (tertiary/aromatic N) is 5. The van der Waals surface area contributed by atoms with Gasteiger partial charge in [0.05, 0.1) is 12.8 Å². The minimum absolute atomic E-state index is 0.0524. The van der Waals surface area contributed by atoms with Gasteiger partial charge in [0.1, 0.15) is 17.9 Å². The molecular weight excluding hydrogens is 368 g/mol. The van der Waals surface area contributed by atoms with Crippen molar-refractivity contribution in [1.29, 1.82) is 0 Å². The van der Waals surface area contributed by atoms with Gasteiger partial charge in [-0.3, -0.25) is 4.57 Å². The first-order valence-corrected chi connectivity index (χ1v) is 9.58. The van der Waals surface area contributed by atoms with Crippen LogP contribution in [0.25, 0.3) is 5.82 Å². The van der Waals surface area contributed by atoms with Crippen molar-refractivity contribution in [3.63, 3.8) is 0 Å². The number of carbonyl (C=O) groups is 1. The molecule has 0 bridgehead atoms. The molecule has 0 spiro atoms. The van der Waals surface area contributed by atoms with Crippen molar-refractivity contribution in [2.24, 2.45) is 0 Å². The number of piperazine rings is 1. The zero-order valence-corrected chi connectivity index (χ0v) is 16.4. The number of ether oxygens (including phenoxy) is 1. The normalized spacial score (nSPS) is 14.0. The molecule has 1 aromatic carbocycles. The van der Waals surface area contributed by atoms with Crippen LogP contribution in [0.3, 0.4) is 0 Å². The molecule has 29 heavy (non-hydrogen) atoms. The number of benzene rings is 1. The Bertz CT molecular complexity index is 934. The Hall–Kier alpha value is -3.55. The monoisotopic (exact) mass is 392 g/mol. The number of aromatic nitrogens is 3. The molecule has 1 fully saturated rings. The van der Waals surface area contributed by atoms with E-state index in [9.17, 15) is 4.79 Å². The van der Waals surface area contributed by atoms with Crippen molar-refractivity contribution in [3.8, 4) is 11.6 Å². The van der Waals surface area contributed by atoms with Gasteiger partial charge in [0.25, 0.3) is 0 Å². The Morgan fingerprint density at radius 3 is 2.66 bits per heavy atom. The summed E-state index contributed by atoms with van der Waals surface area (Å²) in [6.07, 6.45) is 7.03. The van der Waals surface area contributed by atoms with E-state index in [0.29, 0.717) is 19.6 Å². The standard InChI is InChI=1S/C21H24N6O2/c1-29-19-5-3-2-4-18(19)25-10-12-26(13-11-25)21(28)24-15-17-6-7-20(23-14-17)27-9-8-22-16-27/h2-9,14,16H,10-13,15H2,1H3,(H,24,28). The molecule has 2 aromatic heterocycles. The fraction of sp³-hybridized carbons (Fsp3) is 0.286. The summed E-state index contributed by atoms with van der Waals surface area (Å²) in [5, 5.41) is 2.98. The first-order chi connectivity index (χ1) is 14.2. The molecule has 2 amide bonds. The van der Waals surface area contributed by atoms with Gasteiger partial charge in [-0.1, -0.05) is 18.2 Å². The van der Waals surface area contributed by atoms with Gasteiger partial charge in [-0.25, -0.2) is 14.8 Å². The Balaban J connectivity index is 1.28. The maximum atomic E-state index is 12.5. The lowest BCUT2D eigenvalue weighted by Crippen LogP contribution is -2.51. The third-order valence-corrected chi connectivity index (χ3v) is 5.01. The highest BCUT2D eigenvalue weighted by molar-refractivity contribution is 5.74. The van der Waals surface area contributed by atoms with Crippen molar-refractivity contribution >= 4 is 11.7 Å². The molecule has 3 aromatic rings. The second kappa shape index (κ2) is 8.64. The van der Waals surface area contributed by atoms with Crippen molar-refractivity contribution in [1.82, 2.24) is 24.8 Å². The lowest BCUT2D eigenvalue weighted by Gasteiger charge is -2.36. The molecule has 0 aliphatic carbocycles. The van der Waals surface area contributed by atoms with Crippen molar-refractivity contribution in [2.75, 3.05) is 38.2 Å². The van der Waals surface area contributed by atoms with E-state index in [1.54, 1.807) is 25.8 Å². The van der Waals surface area contributed by atoms with Gasteiger partial charge in [-0.15, -0.1) is 0 Å². The second-order valence-electron chi connectivity index (χ2n) is 6.80. The fourth-order valence-corrected chi connectivity index (χ4v) is 3.40. The van der Waals surface area contributed by atoms with E-state index in [1.165, 1.54) is 0 Å². The number of urea groups is 1. The van der Waals surface area contributed by atoms with Crippen LogP contribution in [0.4, 0.5) is 10.5 Å². The minimum atomic E-state index is -0.0524. The van der Waals surface area contributed by atoms with Crippen molar-refractivity contribution < 1.29 is 9.53 Å². The number of amides is 2. The molecule has 0 saturated carbocycles. The molecule has 8 heteroatoms. The van der Waals surface area contributed by atoms with Crippen LogP contribution >= 0.6 is 0 Å². The third kappa shape index (κ3) is 4.31. The average molecular weight is 392 g/mol. The Kier molecular flexibility index (Phi) is 5.60. The first kappa shape index (κ1) is 18.8. The largest absolute Gasteiger partial charge is 0.495 e. The van der Waals surface area contributed by atoms with Crippen LogP contribution in [0, 0.1) is 0 Å². The number of hydrogen-bond acceptors (Lipinski definition) is 5. The molecule has 1 N–H and O–H groups in total. The van der Waals surface area contributed by atoms with Gasteiger partial charge < -0.3 is 19.9 Å². The number of imidazole rings is 1. The minimum Gasteiger partial charge on any atom is -0.495 e. The van der Waals surface area contributed by atoms with Gasteiger partial charge in [-0.05, 0) is 23.8 Å². The SMILES string of the molecule is COc1ccccc1N1CCN(C(=O)NCc2ccc(-n3ccnc3)nc2)CC1. The molecule has 0 unspecified atom stereocenters. The highest BCUT2D eigenvalue weighted by Crippen LogP contribution is 2.28. The number of hydrogen-bond donors (Lipinski definition) is 1. The fourth-order valence-electron chi connectivity index (χ4n) is 3.40. The van der Waals surface area contributed by atoms with Gasteiger partial charge >= 0.3 is 6.03 Å². The lowest BCUT2D eigenvalue weighted by atomic mass is 10.2. The summed E-state index contributed by atoms with van der Waals surface area (Å²) >= 11 is 0. The molecule has 0 atom stereocenters. The van der Waals surface area contributed by atoms with E-state index in [4.69, 9.17) is 4.74 Å². The quantitative estimate of drug-likeness (QED) is 0.721. The van der Waals surface area contributed by atoms with E-state index in [0.717, 1.165) is 35.9 Å². The second-order valence-corrected chi connectivity index (χ2v) is 6.80. The van der Waals surface area contributed by atoms with Gasteiger partial charge in [0, 0.05) is 51.3 Å². The number of carbonyl (C=O) groups excluding carboxylic acids is 1. The van der Waals surface area contributed by atoms with Crippen LogP contribution in [-0.4, -0.2) is 58.8 Å². The Labute approximate surface area is 169 Å². The molecular formula is C21H24N6O2. The molecule has 3 heterocycles. The predicted octanol–water partition coefficient (Wildman–Crippen LogP) is 2.31. The smallest absolute Gasteiger partial charge is 0.317 e. The van der Waals surface area contributed by atoms with Crippen LogP contribution in [0.2, 0.25) is 0 Å². The van der Waals surface area contributed by atoms with E-state index >= 15 is 0 Å². The summed E-state index contributed by atoms with van der Waals surface area (Å²) in [5.41, 5.74) is 2.02. The number of rotatable bonds is 5. The van der Waals surface area contributed by atoms with E-state index in [2.05, 4.69) is 26.3 Å². The molecule has 1 saturated heterocycles. The zero-order chi connectivity index (χ0) is 20.1. The van der Waals surface area contributed by atoms with Gasteiger partial charge in [0.2, 0.25) is 0 Å². The third-order valence-electron chi connectivity index (χ3n) is 5.01. The van der Waals surface area contributed by atoms with Crippen LogP contribution in [0.15, 0.2) is 61.3 Å². The summed E-state index contributed by atoms with van der Waals surface area (Å²) in [6.45, 7) is 3.33. The number of para-hydroxylation sites is 2. The van der Waals surface area contributed by atoms with E-state index in [-0.39, 0.29) is 6.03 Å². The zero-order valence-electron chi connectivity index (χ0n) is 16.4. The molecule has 1 aliphatic rings. The van der Waals surface area contributed by atoms with E-state index < -0.39 is 0 Å². The summed E-state index contributed by atoms with van der Waals surface area (Å²) in [4.78, 5) is 25.1. The molecule has 1 aliphatic heterocycles. The first-order valence-electron chi connectivity index (χ1n) is 9.58. The van der Waals surface area contributed by atoms with Crippen LogP contribution in [-0.2, 0) is 6.54 Å². The van der Waals surface area contributed by atoms with Crippen LogP contribution in [0.1, 0.15) is 5.56 Å². The topological polar surface area (TPSA) is 75.5 Å². The number of anilines is 1. The number of nitrogens with one attached hydrogen (secondary N) is 1. The highest BCUT2D eigenvalue weighted by Gasteiger charge is 2.22. The highest BCUT2D eigenvalue weighted by atomic mass is 16.5. The van der Waals surface area contributed by atoms with Crippen LogP contribution in [0.5, 0.6) is 5.75 Å². The van der Waals surface area contributed by atoms with Gasteiger partial charge in [-0.2, -0.15) is 0 Å². The van der Waals surface area contributed by atoms with Crippen molar-refractivity contribution in [3.05, 3.63) is 66.9 Å². The Morgan fingerprint density at radius 1 is 1.14 bits per heavy atom. The summed E-state index contributed by atoms with van der Waals surface area (Å²) < 4.78 is 7.28.